The molecule has 0 spiro atoms. The van der Waals surface area contributed by atoms with E-state index in [0.717, 1.165) is 24.3 Å². The zero-order valence-corrected chi connectivity index (χ0v) is 12.1. The van der Waals surface area contributed by atoms with E-state index in [2.05, 4.69) is 9.36 Å². The molecule has 0 bridgehead atoms. The van der Waals surface area contributed by atoms with Gasteiger partial charge in [0.2, 0.25) is 0 Å². The van der Waals surface area contributed by atoms with E-state index in [4.69, 9.17) is 11.5 Å². The van der Waals surface area contributed by atoms with E-state index in [1.807, 2.05) is 6.07 Å². The minimum Gasteiger partial charge on any atom is -0.330 e. The average Bonchev–Trinajstić information content (AvgIpc) is 2.90. The van der Waals surface area contributed by atoms with Crippen molar-refractivity contribution in [3.63, 3.8) is 0 Å². The molecule has 0 aliphatic carbocycles. The van der Waals surface area contributed by atoms with Gasteiger partial charge in [-0.3, -0.25) is 0 Å². The number of halogens is 1. The van der Waals surface area contributed by atoms with Crippen molar-refractivity contribution < 1.29 is 4.39 Å². The summed E-state index contributed by atoms with van der Waals surface area (Å²) in [6, 6.07) is 6.57. The molecule has 1 aromatic heterocycles. The number of aromatic nitrogens is 2. The Bertz CT molecular complexity index is 543. The highest BCUT2D eigenvalue weighted by Crippen LogP contribution is 2.20. The van der Waals surface area contributed by atoms with Crippen LogP contribution in [-0.2, 0) is 6.42 Å². The Morgan fingerprint density at radius 2 is 2.05 bits per heavy atom. The van der Waals surface area contributed by atoms with E-state index in [1.165, 1.54) is 17.6 Å². The molecular weight excluding hydrogens is 275 g/mol. The second-order valence-electron chi connectivity index (χ2n) is 4.71. The molecule has 0 saturated carbocycles. The lowest BCUT2D eigenvalue weighted by atomic mass is 10.1. The van der Waals surface area contributed by atoms with Gasteiger partial charge in [0.1, 0.15) is 16.6 Å². The second kappa shape index (κ2) is 7.42. The molecule has 4 N–H and O–H groups in total. The minimum absolute atomic E-state index is 0.103. The molecule has 0 radical (unpaired) electrons. The maximum Gasteiger partial charge on any atom is 0.147 e. The molecule has 20 heavy (non-hydrogen) atoms. The first-order chi connectivity index (χ1) is 9.70. The van der Waals surface area contributed by atoms with E-state index in [1.54, 1.807) is 12.1 Å². The Balaban J connectivity index is 1.97. The van der Waals surface area contributed by atoms with E-state index in [-0.39, 0.29) is 11.9 Å². The Morgan fingerprint density at radius 1 is 1.25 bits per heavy atom. The van der Waals surface area contributed by atoms with Crippen molar-refractivity contribution in [3.05, 3.63) is 46.5 Å². The average molecular weight is 294 g/mol. The normalized spacial score (nSPS) is 12.6. The molecule has 0 fully saturated rings. The molecule has 0 amide bonds. The van der Waals surface area contributed by atoms with Crippen molar-refractivity contribution in [1.29, 1.82) is 0 Å². The van der Waals surface area contributed by atoms with Crippen LogP contribution in [0.1, 0.15) is 41.7 Å². The van der Waals surface area contributed by atoms with Crippen LogP contribution < -0.4 is 11.5 Å². The SMILES string of the molecule is NCCCCC(N)c1nc(Cc2ccccc2F)ns1. The molecule has 0 aliphatic rings. The van der Waals surface area contributed by atoms with Crippen LogP contribution in [0.5, 0.6) is 0 Å². The molecule has 1 aromatic carbocycles. The second-order valence-corrected chi connectivity index (χ2v) is 5.49. The summed E-state index contributed by atoms with van der Waals surface area (Å²) in [5.74, 6) is 0.403. The molecule has 4 nitrogen and oxygen atoms in total. The van der Waals surface area contributed by atoms with Crippen molar-refractivity contribution in [2.24, 2.45) is 11.5 Å². The van der Waals surface area contributed by atoms with E-state index in [9.17, 15) is 4.39 Å². The van der Waals surface area contributed by atoms with Gasteiger partial charge in [-0.15, -0.1) is 0 Å². The first-order valence-electron chi connectivity index (χ1n) is 6.72. The van der Waals surface area contributed by atoms with Gasteiger partial charge in [-0.1, -0.05) is 24.6 Å². The highest BCUT2D eigenvalue weighted by atomic mass is 32.1. The largest absolute Gasteiger partial charge is 0.330 e. The van der Waals surface area contributed by atoms with Gasteiger partial charge in [0.05, 0.1) is 6.04 Å². The highest BCUT2D eigenvalue weighted by Gasteiger charge is 2.13. The van der Waals surface area contributed by atoms with Gasteiger partial charge in [0.25, 0.3) is 0 Å². The van der Waals surface area contributed by atoms with Gasteiger partial charge in [-0.25, -0.2) is 9.37 Å². The Labute approximate surface area is 122 Å². The van der Waals surface area contributed by atoms with Crippen LogP contribution in [0, 0.1) is 5.82 Å². The summed E-state index contributed by atoms with van der Waals surface area (Å²) in [6.07, 6.45) is 3.21. The lowest BCUT2D eigenvalue weighted by Crippen LogP contribution is -2.11. The van der Waals surface area contributed by atoms with Crippen LogP contribution in [0.25, 0.3) is 0 Å². The summed E-state index contributed by atoms with van der Waals surface area (Å²) < 4.78 is 17.8. The summed E-state index contributed by atoms with van der Waals surface area (Å²) in [7, 11) is 0. The zero-order valence-electron chi connectivity index (χ0n) is 11.3. The number of benzene rings is 1. The van der Waals surface area contributed by atoms with Gasteiger partial charge >= 0.3 is 0 Å². The summed E-state index contributed by atoms with van der Waals surface area (Å²) in [6.45, 7) is 0.682. The van der Waals surface area contributed by atoms with Crippen LogP contribution in [0.3, 0.4) is 0 Å². The lowest BCUT2D eigenvalue weighted by Gasteiger charge is -2.06. The van der Waals surface area contributed by atoms with E-state index < -0.39 is 0 Å². The predicted molar refractivity (Wildman–Crippen MR) is 78.9 cm³/mol. The quantitative estimate of drug-likeness (QED) is 0.769. The molecule has 6 heteroatoms. The number of rotatable bonds is 7. The Hall–Kier alpha value is -1.37. The van der Waals surface area contributed by atoms with Gasteiger partial charge in [0.15, 0.2) is 0 Å². The highest BCUT2D eigenvalue weighted by molar-refractivity contribution is 7.05. The molecule has 1 unspecified atom stereocenters. The minimum atomic E-state index is -0.226. The van der Waals surface area contributed by atoms with Crippen molar-refractivity contribution in [2.75, 3.05) is 6.54 Å². The van der Waals surface area contributed by atoms with E-state index >= 15 is 0 Å². The van der Waals surface area contributed by atoms with Gasteiger partial charge in [-0.05, 0) is 42.5 Å². The molecule has 1 atom stereocenters. The molecule has 1 heterocycles. The Morgan fingerprint density at radius 3 is 2.80 bits per heavy atom. The summed E-state index contributed by atoms with van der Waals surface area (Å²) >= 11 is 1.30. The molecule has 2 rings (SSSR count). The maximum atomic E-state index is 13.6. The van der Waals surface area contributed by atoms with Gasteiger partial charge < -0.3 is 11.5 Å². The van der Waals surface area contributed by atoms with Gasteiger partial charge in [-0.2, -0.15) is 4.37 Å². The number of nitrogens with two attached hydrogens (primary N) is 2. The van der Waals surface area contributed by atoms with Gasteiger partial charge in [0, 0.05) is 6.42 Å². The lowest BCUT2D eigenvalue weighted by molar-refractivity contribution is 0.586. The molecule has 108 valence electrons. The fourth-order valence-corrected chi connectivity index (χ4v) is 2.64. The smallest absolute Gasteiger partial charge is 0.147 e. The van der Waals surface area contributed by atoms with Crippen LogP contribution in [0.2, 0.25) is 0 Å². The number of nitrogens with zero attached hydrogens (tertiary/aromatic N) is 2. The van der Waals surface area contributed by atoms with E-state index in [0.29, 0.717) is 24.4 Å². The number of unbranched alkanes of at least 4 members (excludes halogenated alkanes) is 1. The summed E-state index contributed by atoms with van der Waals surface area (Å²) in [4.78, 5) is 4.41. The third-order valence-electron chi connectivity index (χ3n) is 3.08. The van der Waals surface area contributed by atoms with Crippen LogP contribution in [0.15, 0.2) is 24.3 Å². The predicted octanol–water partition coefficient (Wildman–Crippen LogP) is 2.40. The third kappa shape index (κ3) is 4.06. The fourth-order valence-electron chi connectivity index (χ4n) is 1.93. The summed E-state index contributed by atoms with van der Waals surface area (Å²) in [5, 5.41) is 0.813. The third-order valence-corrected chi connectivity index (χ3v) is 3.96. The van der Waals surface area contributed by atoms with Crippen LogP contribution >= 0.6 is 11.5 Å². The molecular formula is C14H19FN4S. The Kier molecular flexibility index (Phi) is 5.58. The first-order valence-corrected chi connectivity index (χ1v) is 7.49. The van der Waals surface area contributed by atoms with Crippen LogP contribution in [-0.4, -0.2) is 15.9 Å². The molecule has 2 aromatic rings. The number of hydrogen-bond donors (Lipinski definition) is 2. The maximum absolute atomic E-state index is 13.6. The first kappa shape index (κ1) is 15.0. The van der Waals surface area contributed by atoms with Crippen molar-refractivity contribution in [2.45, 2.75) is 31.7 Å². The van der Waals surface area contributed by atoms with Crippen molar-refractivity contribution in [1.82, 2.24) is 9.36 Å². The van der Waals surface area contributed by atoms with Crippen molar-refractivity contribution >= 4 is 11.5 Å². The molecule has 0 aliphatic heterocycles. The topological polar surface area (TPSA) is 77.8 Å². The van der Waals surface area contributed by atoms with Crippen LogP contribution in [0.4, 0.5) is 4.39 Å². The molecule has 0 saturated heterocycles. The number of hydrogen-bond acceptors (Lipinski definition) is 5. The monoisotopic (exact) mass is 294 g/mol. The van der Waals surface area contributed by atoms with Crippen molar-refractivity contribution in [3.8, 4) is 0 Å². The fraction of sp³-hybridized carbons (Fsp3) is 0.429. The summed E-state index contributed by atoms with van der Waals surface area (Å²) in [5.41, 5.74) is 12.1. The standard InChI is InChI=1S/C14H19FN4S/c15-11-6-2-1-5-10(11)9-13-18-14(20-19-13)12(17)7-3-4-8-16/h1-2,5-6,12H,3-4,7-9,16-17H2. The zero-order chi connectivity index (χ0) is 14.4.